The standard InChI is InChI=1S/C14H27N3O4S/c1-15(2)8-13-9-17(5-6-21-13)10-14(18)16(3)12-4-7-22(19,20)11-12/h12-13H,4-11H2,1-3H3/t12-,13-/m0/s1. The first-order valence-electron chi connectivity index (χ1n) is 7.71. The molecule has 0 saturated carbocycles. The summed E-state index contributed by atoms with van der Waals surface area (Å²) >= 11 is 0. The highest BCUT2D eigenvalue weighted by Gasteiger charge is 2.33. The lowest BCUT2D eigenvalue weighted by atomic mass is 10.2. The number of likely N-dealkylation sites (N-methyl/N-ethyl adjacent to an activating group) is 2. The van der Waals surface area contributed by atoms with Crippen LogP contribution < -0.4 is 0 Å². The second-order valence-corrected chi connectivity index (χ2v) is 8.78. The summed E-state index contributed by atoms with van der Waals surface area (Å²) in [6, 6.07) is -0.170. The van der Waals surface area contributed by atoms with Gasteiger partial charge in [0.1, 0.15) is 0 Å². The minimum atomic E-state index is -2.96. The number of nitrogens with zero attached hydrogens (tertiary/aromatic N) is 3. The van der Waals surface area contributed by atoms with Crippen LogP contribution in [0.1, 0.15) is 6.42 Å². The number of ether oxygens (including phenoxy) is 1. The molecule has 128 valence electrons. The monoisotopic (exact) mass is 333 g/mol. The maximum absolute atomic E-state index is 12.4. The zero-order valence-corrected chi connectivity index (χ0v) is 14.5. The van der Waals surface area contributed by atoms with E-state index in [0.29, 0.717) is 19.6 Å². The van der Waals surface area contributed by atoms with Gasteiger partial charge < -0.3 is 14.5 Å². The van der Waals surface area contributed by atoms with Gasteiger partial charge in [0.2, 0.25) is 5.91 Å². The Morgan fingerprint density at radius 2 is 2.05 bits per heavy atom. The highest BCUT2D eigenvalue weighted by atomic mass is 32.2. The molecule has 2 atom stereocenters. The molecule has 8 heteroatoms. The largest absolute Gasteiger partial charge is 0.374 e. The number of sulfone groups is 1. The Morgan fingerprint density at radius 1 is 1.32 bits per heavy atom. The normalized spacial score (nSPS) is 28.9. The Balaban J connectivity index is 1.83. The number of morpholine rings is 1. The van der Waals surface area contributed by atoms with Gasteiger partial charge in [-0.05, 0) is 20.5 Å². The highest BCUT2D eigenvalue weighted by molar-refractivity contribution is 7.91. The molecule has 7 nitrogen and oxygen atoms in total. The van der Waals surface area contributed by atoms with Gasteiger partial charge in [0.25, 0.3) is 0 Å². The molecular formula is C14H27N3O4S. The van der Waals surface area contributed by atoms with Gasteiger partial charge in [-0.1, -0.05) is 0 Å². The van der Waals surface area contributed by atoms with Crippen LogP contribution in [0.25, 0.3) is 0 Å². The predicted molar refractivity (Wildman–Crippen MR) is 84.6 cm³/mol. The molecule has 0 unspecified atom stereocenters. The van der Waals surface area contributed by atoms with E-state index in [1.54, 1.807) is 11.9 Å². The van der Waals surface area contributed by atoms with Crippen molar-refractivity contribution in [1.82, 2.24) is 14.7 Å². The fraction of sp³-hybridized carbons (Fsp3) is 0.929. The van der Waals surface area contributed by atoms with E-state index in [9.17, 15) is 13.2 Å². The fourth-order valence-corrected chi connectivity index (χ4v) is 4.80. The van der Waals surface area contributed by atoms with Crippen molar-refractivity contribution in [3.63, 3.8) is 0 Å². The van der Waals surface area contributed by atoms with E-state index in [1.165, 1.54) is 0 Å². The smallest absolute Gasteiger partial charge is 0.236 e. The van der Waals surface area contributed by atoms with Crippen molar-refractivity contribution in [2.75, 3.05) is 65.4 Å². The van der Waals surface area contributed by atoms with Gasteiger partial charge in [-0.25, -0.2) is 8.42 Å². The molecule has 2 rings (SSSR count). The Hall–Kier alpha value is -0.700. The van der Waals surface area contributed by atoms with E-state index in [1.807, 2.05) is 14.1 Å². The molecule has 2 fully saturated rings. The van der Waals surface area contributed by atoms with E-state index in [4.69, 9.17) is 4.74 Å². The summed E-state index contributed by atoms with van der Waals surface area (Å²) in [5, 5.41) is 0. The number of carbonyl (C=O) groups excluding carboxylic acids is 1. The van der Waals surface area contributed by atoms with Crippen molar-refractivity contribution >= 4 is 15.7 Å². The molecule has 0 aromatic rings. The number of carbonyl (C=O) groups is 1. The maximum Gasteiger partial charge on any atom is 0.236 e. The van der Waals surface area contributed by atoms with Crippen LogP contribution in [-0.4, -0.2) is 107 Å². The van der Waals surface area contributed by atoms with Crippen LogP contribution in [0.4, 0.5) is 0 Å². The summed E-state index contributed by atoms with van der Waals surface area (Å²) in [5.41, 5.74) is 0. The van der Waals surface area contributed by atoms with Gasteiger partial charge in [-0.15, -0.1) is 0 Å². The van der Waals surface area contributed by atoms with Crippen molar-refractivity contribution in [2.45, 2.75) is 18.6 Å². The highest BCUT2D eigenvalue weighted by Crippen LogP contribution is 2.17. The third kappa shape index (κ3) is 4.91. The lowest BCUT2D eigenvalue weighted by Gasteiger charge is -2.35. The third-order valence-electron chi connectivity index (χ3n) is 4.30. The molecule has 0 N–H and O–H groups in total. The van der Waals surface area contributed by atoms with Crippen LogP contribution in [0.2, 0.25) is 0 Å². The second-order valence-electron chi connectivity index (χ2n) is 6.55. The molecular weight excluding hydrogens is 306 g/mol. The molecule has 22 heavy (non-hydrogen) atoms. The quantitative estimate of drug-likeness (QED) is 0.636. The summed E-state index contributed by atoms with van der Waals surface area (Å²) in [6.45, 7) is 3.28. The van der Waals surface area contributed by atoms with Gasteiger partial charge in [0.05, 0.1) is 30.8 Å². The zero-order chi connectivity index (χ0) is 16.3. The first-order valence-corrected chi connectivity index (χ1v) is 9.54. The third-order valence-corrected chi connectivity index (χ3v) is 6.05. The Morgan fingerprint density at radius 3 is 2.64 bits per heavy atom. The van der Waals surface area contributed by atoms with Gasteiger partial charge in [0, 0.05) is 32.7 Å². The molecule has 1 amide bonds. The molecule has 0 spiro atoms. The average molecular weight is 333 g/mol. The first kappa shape index (κ1) is 17.7. The van der Waals surface area contributed by atoms with Crippen LogP contribution in [0.5, 0.6) is 0 Å². The SMILES string of the molecule is CN(C)C[C@H]1CN(CC(=O)N(C)[C@H]2CCS(=O)(=O)C2)CCO1. The summed E-state index contributed by atoms with van der Waals surface area (Å²) in [7, 11) is 2.76. The van der Waals surface area contributed by atoms with Crippen LogP contribution in [0.3, 0.4) is 0 Å². The number of hydrogen-bond donors (Lipinski definition) is 0. The number of amides is 1. The molecule has 2 saturated heterocycles. The minimum absolute atomic E-state index is 0.00685. The summed E-state index contributed by atoms with van der Waals surface area (Å²) < 4.78 is 28.8. The summed E-state index contributed by atoms with van der Waals surface area (Å²) in [4.78, 5) is 18.2. The van der Waals surface area contributed by atoms with E-state index in [0.717, 1.165) is 19.6 Å². The predicted octanol–water partition coefficient (Wildman–Crippen LogP) is -1.11. The Bertz CT molecular complexity index is 494. The fourth-order valence-electron chi connectivity index (χ4n) is 3.03. The van der Waals surface area contributed by atoms with Gasteiger partial charge in [-0.2, -0.15) is 0 Å². The lowest BCUT2D eigenvalue weighted by molar-refractivity contribution is -0.134. The van der Waals surface area contributed by atoms with Gasteiger partial charge in [0.15, 0.2) is 9.84 Å². The van der Waals surface area contributed by atoms with Gasteiger partial charge in [-0.3, -0.25) is 9.69 Å². The molecule has 0 bridgehead atoms. The average Bonchev–Trinajstić information content (AvgIpc) is 2.77. The molecule has 0 aromatic carbocycles. The molecule has 0 aliphatic carbocycles. The van der Waals surface area contributed by atoms with E-state index in [-0.39, 0.29) is 29.6 Å². The van der Waals surface area contributed by atoms with Crippen molar-refractivity contribution in [3.05, 3.63) is 0 Å². The van der Waals surface area contributed by atoms with Crippen molar-refractivity contribution < 1.29 is 17.9 Å². The van der Waals surface area contributed by atoms with Gasteiger partial charge >= 0.3 is 0 Å². The van der Waals surface area contributed by atoms with E-state index >= 15 is 0 Å². The Labute approximate surface area is 133 Å². The summed E-state index contributed by atoms with van der Waals surface area (Å²) in [5.74, 6) is 0.284. The van der Waals surface area contributed by atoms with E-state index in [2.05, 4.69) is 9.80 Å². The number of rotatable bonds is 5. The Kier molecular flexibility index (Phi) is 5.81. The molecule has 0 aromatic heterocycles. The van der Waals surface area contributed by atoms with Crippen LogP contribution in [-0.2, 0) is 19.4 Å². The summed E-state index contributed by atoms with van der Waals surface area (Å²) in [6.07, 6.45) is 0.672. The van der Waals surface area contributed by atoms with Crippen molar-refractivity contribution in [1.29, 1.82) is 0 Å². The van der Waals surface area contributed by atoms with E-state index < -0.39 is 9.84 Å². The zero-order valence-electron chi connectivity index (χ0n) is 13.7. The topological polar surface area (TPSA) is 70.2 Å². The van der Waals surface area contributed by atoms with Crippen LogP contribution in [0.15, 0.2) is 0 Å². The molecule has 2 heterocycles. The molecule has 2 aliphatic rings. The minimum Gasteiger partial charge on any atom is -0.374 e. The lowest BCUT2D eigenvalue weighted by Crippen LogP contribution is -2.51. The number of hydrogen-bond acceptors (Lipinski definition) is 6. The van der Waals surface area contributed by atoms with Crippen molar-refractivity contribution in [2.24, 2.45) is 0 Å². The second kappa shape index (κ2) is 7.25. The van der Waals surface area contributed by atoms with Crippen LogP contribution >= 0.6 is 0 Å². The molecule has 2 aliphatic heterocycles. The first-order chi connectivity index (χ1) is 10.3. The van der Waals surface area contributed by atoms with Crippen LogP contribution in [0, 0.1) is 0 Å². The maximum atomic E-state index is 12.4. The van der Waals surface area contributed by atoms with Crippen molar-refractivity contribution in [3.8, 4) is 0 Å². The molecule has 0 radical (unpaired) electrons.